The molecule has 2 rings (SSSR count). The molecule has 2 aromatic rings. The summed E-state index contributed by atoms with van der Waals surface area (Å²) in [4.78, 5) is 15.7. The lowest BCUT2D eigenvalue weighted by atomic mass is 10.2. The lowest BCUT2D eigenvalue weighted by Crippen LogP contribution is -2.23. The normalized spacial score (nSPS) is 9.68. The fraction of sp³-hybridized carbons (Fsp3) is 0.0714. The molecule has 0 aliphatic rings. The van der Waals surface area contributed by atoms with Crippen LogP contribution in [0.3, 0.4) is 0 Å². The number of halogens is 1. The molecule has 0 saturated heterocycles. The number of amides is 1. The van der Waals surface area contributed by atoms with E-state index in [4.69, 9.17) is 16.9 Å². The first kappa shape index (κ1) is 13.1. The first-order valence-corrected chi connectivity index (χ1v) is 5.95. The van der Waals surface area contributed by atoms with Gasteiger partial charge >= 0.3 is 0 Å². The van der Waals surface area contributed by atoms with Gasteiger partial charge in [0.05, 0.1) is 5.56 Å². The third-order valence-electron chi connectivity index (χ3n) is 2.47. The molecule has 1 aromatic carbocycles. The largest absolute Gasteiger partial charge is 0.347 e. The van der Waals surface area contributed by atoms with Gasteiger partial charge < -0.3 is 5.32 Å². The van der Waals surface area contributed by atoms with Crippen LogP contribution in [-0.2, 0) is 6.54 Å². The zero-order valence-electron chi connectivity index (χ0n) is 9.93. The highest BCUT2D eigenvalue weighted by Gasteiger charge is 2.06. The van der Waals surface area contributed by atoms with Crippen LogP contribution in [0.4, 0.5) is 0 Å². The van der Waals surface area contributed by atoms with Gasteiger partial charge in [-0.1, -0.05) is 23.7 Å². The molecule has 0 fully saturated rings. The lowest BCUT2D eigenvalue weighted by molar-refractivity contribution is 0.0946. The number of hydrogen-bond acceptors (Lipinski definition) is 3. The fourth-order valence-corrected chi connectivity index (χ4v) is 1.73. The molecule has 19 heavy (non-hydrogen) atoms. The molecule has 0 bridgehead atoms. The van der Waals surface area contributed by atoms with Crippen LogP contribution in [0.5, 0.6) is 0 Å². The average Bonchev–Trinajstić information content (AvgIpc) is 2.45. The summed E-state index contributed by atoms with van der Waals surface area (Å²) < 4.78 is 0. The number of pyridine rings is 1. The Bertz CT molecular complexity index is 632. The van der Waals surface area contributed by atoms with E-state index in [1.807, 2.05) is 18.2 Å². The molecule has 0 saturated carbocycles. The smallest absolute Gasteiger partial charge is 0.270 e. The first-order chi connectivity index (χ1) is 9.19. The van der Waals surface area contributed by atoms with Crippen molar-refractivity contribution in [3.63, 3.8) is 0 Å². The van der Waals surface area contributed by atoms with E-state index in [1.165, 1.54) is 12.3 Å². The standard InChI is InChI=1S/C14H10ClN3O/c15-12-3-1-2-10(6-12)8-18-14(19)13-5-4-11(7-16)9-17-13/h1-6,9H,8H2,(H,18,19). The summed E-state index contributed by atoms with van der Waals surface area (Å²) in [5.41, 5.74) is 1.61. The zero-order valence-corrected chi connectivity index (χ0v) is 10.7. The van der Waals surface area contributed by atoms with E-state index in [9.17, 15) is 4.79 Å². The van der Waals surface area contributed by atoms with E-state index in [1.54, 1.807) is 18.2 Å². The van der Waals surface area contributed by atoms with Crippen LogP contribution in [0.15, 0.2) is 42.6 Å². The number of nitriles is 1. The van der Waals surface area contributed by atoms with Crippen molar-refractivity contribution in [3.8, 4) is 6.07 Å². The second kappa shape index (κ2) is 5.98. The molecule has 1 N–H and O–H groups in total. The average molecular weight is 272 g/mol. The molecular weight excluding hydrogens is 262 g/mol. The molecule has 94 valence electrons. The third kappa shape index (κ3) is 3.54. The molecule has 1 heterocycles. The highest BCUT2D eigenvalue weighted by molar-refractivity contribution is 6.30. The third-order valence-corrected chi connectivity index (χ3v) is 2.70. The summed E-state index contributed by atoms with van der Waals surface area (Å²) in [6.07, 6.45) is 1.37. The van der Waals surface area contributed by atoms with E-state index < -0.39 is 0 Å². The van der Waals surface area contributed by atoms with Crippen LogP contribution in [0, 0.1) is 11.3 Å². The number of carbonyl (C=O) groups excluding carboxylic acids is 1. The maximum absolute atomic E-state index is 11.8. The number of benzene rings is 1. The number of nitrogens with one attached hydrogen (secondary N) is 1. The van der Waals surface area contributed by atoms with Crippen LogP contribution in [0.1, 0.15) is 21.6 Å². The Labute approximate surface area is 115 Å². The van der Waals surface area contributed by atoms with Crippen LogP contribution in [0.2, 0.25) is 5.02 Å². The van der Waals surface area contributed by atoms with Crippen molar-refractivity contribution in [3.05, 3.63) is 64.4 Å². The molecule has 4 nitrogen and oxygen atoms in total. The number of nitrogens with zero attached hydrogens (tertiary/aromatic N) is 2. The first-order valence-electron chi connectivity index (χ1n) is 5.58. The molecule has 5 heteroatoms. The van der Waals surface area contributed by atoms with Gasteiger partial charge in [-0.15, -0.1) is 0 Å². The summed E-state index contributed by atoms with van der Waals surface area (Å²) >= 11 is 5.85. The second-order valence-electron chi connectivity index (χ2n) is 3.86. The molecule has 0 aliphatic heterocycles. The number of aromatic nitrogens is 1. The van der Waals surface area contributed by atoms with Gasteiger partial charge in [-0.3, -0.25) is 4.79 Å². The summed E-state index contributed by atoms with van der Waals surface area (Å²) in [5, 5.41) is 12.0. The topological polar surface area (TPSA) is 65.8 Å². The minimum atomic E-state index is -0.288. The van der Waals surface area contributed by atoms with E-state index in [-0.39, 0.29) is 11.6 Å². The molecular formula is C14H10ClN3O. The number of hydrogen-bond donors (Lipinski definition) is 1. The SMILES string of the molecule is N#Cc1ccc(C(=O)NCc2cccc(Cl)c2)nc1. The Morgan fingerprint density at radius 3 is 2.84 bits per heavy atom. The van der Waals surface area contributed by atoms with Gasteiger partial charge in [-0.05, 0) is 29.8 Å². The van der Waals surface area contributed by atoms with Gasteiger partial charge in [0.1, 0.15) is 11.8 Å². The number of carbonyl (C=O) groups is 1. The Hall–Kier alpha value is -2.38. The van der Waals surface area contributed by atoms with Gasteiger partial charge in [-0.2, -0.15) is 5.26 Å². The van der Waals surface area contributed by atoms with Gasteiger partial charge in [0.15, 0.2) is 0 Å². The minimum Gasteiger partial charge on any atom is -0.347 e. The monoisotopic (exact) mass is 271 g/mol. The van der Waals surface area contributed by atoms with Crippen LogP contribution >= 0.6 is 11.6 Å². The molecule has 1 aromatic heterocycles. The quantitative estimate of drug-likeness (QED) is 0.933. The lowest BCUT2D eigenvalue weighted by Gasteiger charge is -2.05. The molecule has 0 spiro atoms. The van der Waals surface area contributed by atoms with Crippen molar-refractivity contribution in [1.82, 2.24) is 10.3 Å². The van der Waals surface area contributed by atoms with Gasteiger partial charge in [0, 0.05) is 17.8 Å². The molecule has 0 unspecified atom stereocenters. The molecule has 0 atom stereocenters. The van der Waals surface area contributed by atoms with E-state index in [2.05, 4.69) is 10.3 Å². The van der Waals surface area contributed by atoms with Crippen molar-refractivity contribution >= 4 is 17.5 Å². The maximum atomic E-state index is 11.8. The Morgan fingerprint density at radius 1 is 1.37 bits per heavy atom. The van der Waals surface area contributed by atoms with Crippen LogP contribution < -0.4 is 5.32 Å². The second-order valence-corrected chi connectivity index (χ2v) is 4.29. The van der Waals surface area contributed by atoms with Crippen molar-refractivity contribution in [2.75, 3.05) is 0 Å². The van der Waals surface area contributed by atoms with Gasteiger partial charge in [-0.25, -0.2) is 4.98 Å². The highest BCUT2D eigenvalue weighted by Crippen LogP contribution is 2.10. The fourth-order valence-electron chi connectivity index (χ4n) is 1.51. The predicted octanol–water partition coefficient (Wildman–Crippen LogP) is 2.54. The minimum absolute atomic E-state index is 0.279. The highest BCUT2D eigenvalue weighted by atomic mass is 35.5. The van der Waals surface area contributed by atoms with E-state index in [0.717, 1.165) is 5.56 Å². The van der Waals surface area contributed by atoms with Crippen LogP contribution in [-0.4, -0.2) is 10.9 Å². The number of rotatable bonds is 3. The predicted molar refractivity (Wildman–Crippen MR) is 71.6 cm³/mol. The Morgan fingerprint density at radius 2 is 2.21 bits per heavy atom. The maximum Gasteiger partial charge on any atom is 0.270 e. The Kier molecular flexibility index (Phi) is 4.11. The Balaban J connectivity index is 1.99. The van der Waals surface area contributed by atoms with E-state index in [0.29, 0.717) is 17.1 Å². The molecule has 0 radical (unpaired) electrons. The summed E-state index contributed by atoms with van der Waals surface area (Å²) in [6, 6.07) is 12.3. The summed E-state index contributed by atoms with van der Waals surface area (Å²) in [7, 11) is 0. The van der Waals surface area contributed by atoms with Crippen molar-refractivity contribution in [2.45, 2.75) is 6.54 Å². The summed E-state index contributed by atoms with van der Waals surface area (Å²) in [6.45, 7) is 0.376. The van der Waals surface area contributed by atoms with Crippen LogP contribution in [0.25, 0.3) is 0 Å². The van der Waals surface area contributed by atoms with Crippen molar-refractivity contribution < 1.29 is 4.79 Å². The molecule has 1 amide bonds. The van der Waals surface area contributed by atoms with Crippen molar-refractivity contribution in [2.24, 2.45) is 0 Å². The van der Waals surface area contributed by atoms with Gasteiger partial charge in [0.25, 0.3) is 5.91 Å². The zero-order chi connectivity index (χ0) is 13.7. The summed E-state index contributed by atoms with van der Waals surface area (Å²) in [5.74, 6) is -0.288. The molecule has 0 aliphatic carbocycles. The van der Waals surface area contributed by atoms with Gasteiger partial charge in [0.2, 0.25) is 0 Å². The van der Waals surface area contributed by atoms with E-state index >= 15 is 0 Å². The van der Waals surface area contributed by atoms with Crippen molar-refractivity contribution in [1.29, 1.82) is 5.26 Å².